The topological polar surface area (TPSA) is 71.7 Å². The maximum Gasteiger partial charge on any atom is 0.236 e. The van der Waals surface area contributed by atoms with Gasteiger partial charge < -0.3 is 14.1 Å². The van der Waals surface area contributed by atoms with Crippen LogP contribution in [0, 0.1) is 0 Å². The third-order valence-electron chi connectivity index (χ3n) is 5.79. The van der Waals surface area contributed by atoms with Crippen molar-refractivity contribution in [2.75, 3.05) is 33.8 Å². The first-order valence-corrected chi connectivity index (χ1v) is 11.0. The van der Waals surface area contributed by atoms with Gasteiger partial charge in [0.2, 0.25) is 5.91 Å². The molecule has 4 rings (SSSR count). The molecule has 1 amide bonds. The number of carbonyl (C=O) groups is 1. The second kappa shape index (κ2) is 10.4. The van der Waals surface area contributed by atoms with Gasteiger partial charge >= 0.3 is 0 Å². The van der Waals surface area contributed by atoms with Crippen LogP contribution >= 0.6 is 0 Å². The number of likely N-dealkylation sites (N-methyl/N-ethyl adjacent to an activating group) is 1. The van der Waals surface area contributed by atoms with E-state index in [0.717, 1.165) is 47.9 Å². The van der Waals surface area contributed by atoms with E-state index in [-0.39, 0.29) is 11.8 Å². The van der Waals surface area contributed by atoms with Crippen LogP contribution in [-0.4, -0.2) is 59.5 Å². The number of piperidine rings is 1. The van der Waals surface area contributed by atoms with Gasteiger partial charge in [0.1, 0.15) is 11.5 Å². The van der Waals surface area contributed by atoms with Crippen LogP contribution in [0.15, 0.2) is 59.4 Å². The van der Waals surface area contributed by atoms with Crippen LogP contribution in [-0.2, 0) is 17.8 Å². The first-order valence-electron chi connectivity index (χ1n) is 11.0. The molecule has 0 bridgehead atoms. The van der Waals surface area contributed by atoms with Gasteiger partial charge in [-0.05, 0) is 49.2 Å². The number of oxazole rings is 1. The van der Waals surface area contributed by atoms with Crippen molar-refractivity contribution in [1.82, 2.24) is 19.8 Å². The zero-order chi connectivity index (χ0) is 22.3. The molecule has 0 aliphatic carbocycles. The molecule has 3 aromatic rings. The molecule has 1 aliphatic rings. The number of pyridine rings is 1. The summed E-state index contributed by atoms with van der Waals surface area (Å²) in [5.74, 6) is 2.66. The van der Waals surface area contributed by atoms with Gasteiger partial charge in [-0.15, -0.1) is 0 Å². The molecule has 0 radical (unpaired) electrons. The van der Waals surface area contributed by atoms with Gasteiger partial charge in [-0.1, -0.05) is 18.2 Å². The molecular weight excluding hydrogens is 404 g/mol. The Hall–Kier alpha value is -3.19. The molecule has 168 valence electrons. The minimum atomic E-state index is 0.135. The monoisotopic (exact) mass is 434 g/mol. The van der Waals surface area contributed by atoms with E-state index in [1.54, 1.807) is 19.5 Å². The van der Waals surface area contributed by atoms with Crippen molar-refractivity contribution in [3.8, 4) is 5.75 Å². The molecule has 7 nitrogen and oxygen atoms in total. The summed E-state index contributed by atoms with van der Waals surface area (Å²) in [6.45, 7) is 2.52. The van der Waals surface area contributed by atoms with Gasteiger partial charge in [-0.25, -0.2) is 4.98 Å². The second-order valence-corrected chi connectivity index (χ2v) is 8.41. The number of nitrogens with zero attached hydrogens (tertiary/aromatic N) is 4. The van der Waals surface area contributed by atoms with Crippen LogP contribution in [0.25, 0.3) is 0 Å². The molecule has 1 aliphatic heterocycles. The summed E-state index contributed by atoms with van der Waals surface area (Å²) in [7, 11) is 3.63. The minimum absolute atomic E-state index is 0.135. The van der Waals surface area contributed by atoms with Gasteiger partial charge in [0, 0.05) is 38.4 Å². The molecule has 0 N–H and O–H groups in total. The first-order chi connectivity index (χ1) is 15.6. The number of hydrogen-bond acceptors (Lipinski definition) is 6. The lowest BCUT2D eigenvalue weighted by Crippen LogP contribution is -2.43. The Labute approximate surface area is 189 Å². The van der Waals surface area contributed by atoms with Crippen molar-refractivity contribution in [1.29, 1.82) is 0 Å². The second-order valence-electron chi connectivity index (χ2n) is 8.41. The molecule has 32 heavy (non-hydrogen) atoms. The predicted octanol–water partition coefficient (Wildman–Crippen LogP) is 3.51. The molecule has 2 aromatic heterocycles. The van der Waals surface area contributed by atoms with Crippen LogP contribution in [0.3, 0.4) is 0 Å². The molecule has 3 heterocycles. The van der Waals surface area contributed by atoms with Gasteiger partial charge in [-0.3, -0.25) is 14.7 Å². The quantitative estimate of drug-likeness (QED) is 0.540. The third-order valence-corrected chi connectivity index (χ3v) is 5.79. The fourth-order valence-corrected chi connectivity index (χ4v) is 4.17. The average Bonchev–Trinajstić information content (AvgIpc) is 3.28. The maximum absolute atomic E-state index is 12.9. The molecule has 0 saturated carbocycles. The van der Waals surface area contributed by atoms with Crippen LogP contribution in [0.1, 0.15) is 41.5 Å². The summed E-state index contributed by atoms with van der Waals surface area (Å²) in [4.78, 5) is 25.5. The third kappa shape index (κ3) is 5.73. The van der Waals surface area contributed by atoms with E-state index in [9.17, 15) is 4.79 Å². The average molecular weight is 435 g/mol. The Kier molecular flexibility index (Phi) is 7.17. The molecule has 1 aromatic carbocycles. The highest BCUT2D eigenvalue weighted by molar-refractivity contribution is 5.78. The summed E-state index contributed by atoms with van der Waals surface area (Å²) >= 11 is 0. The number of amides is 1. The van der Waals surface area contributed by atoms with Crippen LogP contribution < -0.4 is 4.74 Å². The Morgan fingerprint density at radius 1 is 1.25 bits per heavy atom. The van der Waals surface area contributed by atoms with E-state index in [4.69, 9.17) is 9.15 Å². The Bertz CT molecular complexity index is 1020. The summed E-state index contributed by atoms with van der Waals surface area (Å²) < 4.78 is 11.4. The van der Waals surface area contributed by atoms with E-state index >= 15 is 0 Å². The zero-order valence-corrected chi connectivity index (χ0v) is 18.7. The molecule has 0 unspecified atom stereocenters. The molecule has 1 saturated heterocycles. The van der Waals surface area contributed by atoms with Crippen LogP contribution in [0.2, 0.25) is 0 Å². The Morgan fingerprint density at radius 2 is 2.12 bits per heavy atom. The number of carbonyl (C=O) groups excluding carboxylic acids is 1. The molecule has 1 atom stereocenters. The van der Waals surface area contributed by atoms with E-state index in [0.29, 0.717) is 26.1 Å². The van der Waals surface area contributed by atoms with Gasteiger partial charge in [0.25, 0.3) is 0 Å². The standard InChI is InChI=1S/C25H30N4O3/c1-28(16-20-7-4-10-26-14-20)18-24(30)29-11-5-8-21(17-29)25-27-15-23(32-25)13-19-6-3-9-22(12-19)31-2/h3-4,6-7,9-10,12,14-15,21H,5,8,11,13,16-18H2,1-2H3/t21-/m1/s1. The van der Waals surface area contributed by atoms with E-state index in [2.05, 4.69) is 9.97 Å². The smallest absolute Gasteiger partial charge is 0.236 e. The summed E-state index contributed by atoms with van der Waals surface area (Å²) in [5, 5.41) is 0. The summed E-state index contributed by atoms with van der Waals surface area (Å²) in [5.41, 5.74) is 2.21. The van der Waals surface area contributed by atoms with E-state index in [1.165, 1.54) is 0 Å². The van der Waals surface area contributed by atoms with Crippen molar-refractivity contribution in [2.45, 2.75) is 31.7 Å². The predicted molar refractivity (Wildman–Crippen MR) is 121 cm³/mol. The lowest BCUT2D eigenvalue weighted by molar-refractivity contribution is -0.133. The van der Waals surface area contributed by atoms with Gasteiger partial charge in [-0.2, -0.15) is 0 Å². The largest absolute Gasteiger partial charge is 0.497 e. The first kappa shape index (κ1) is 22.0. The number of aromatic nitrogens is 2. The molecule has 1 fully saturated rings. The van der Waals surface area contributed by atoms with Gasteiger partial charge in [0.05, 0.1) is 25.8 Å². The van der Waals surface area contributed by atoms with Crippen molar-refractivity contribution < 1.29 is 13.9 Å². The number of benzene rings is 1. The number of rotatable bonds is 8. The Morgan fingerprint density at radius 3 is 2.94 bits per heavy atom. The Balaban J connectivity index is 1.33. The number of hydrogen-bond donors (Lipinski definition) is 0. The van der Waals surface area contributed by atoms with Crippen molar-refractivity contribution >= 4 is 5.91 Å². The van der Waals surface area contributed by atoms with E-state index < -0.39 is 0 Å². The normalized spacial score (nSPS) is 16.3. The highest BCUT2D eigenvalue weighted by atomic mass is 16.5. The maximum atomic E-state index is 12.9. The van der Waals surface area contributed by atoms with Crippen molar-refractivity contribution in [2.24, 2.45) is 0 Å². The summed E-state index contributed by atoms with van der Waals surface area (Å²) in [6, 6.07) is 11.9. The highest BCUT2D eigenvalue weighted by Crippen LogP contribution is 2.27. The fourth-order valence-electron chi connectivity index (χ4n) is 4.17. The minimum Gasteiger partial charge on any atom is -0.497 e. The summed E-state index contributed by atoms with van der Waals surface area (Å²) in [6.07, 6.45) is 8.00. The SMILES string of the molecule is COc1cccc(Cc2cnc([C@@H]3CCCN(C(=O)CN(C)Cc4cccnc4)C3)o2)c1. The lowest BCUT2D eigenvalue weighted by Gasteiger charge is -2.32. The van der Waals surface area contributed by atoms with Crippen LogP contribution in [0.5, 0.6) is 5.75 Å². The fraction of sp³-hybridized carbons (Fsp3) is 0.400. The highest BCUT2D eigenvalue weighted by Gasteiger charge is 2.28. The van der Waals surface area contributed by atoms with E-state index in [1.807, 2.05) is 59.4 Å². The molecule has 7 heteroatoms. The van der Waals surface area contributed by atoms with Crippen molar-refractivity contribution in [3.63, 3.8) is 0 Å². The number of likely N-dealkylation sites (tertiary alicyclic amines) is 1. The van der Waals surface area contributed by atoms with Crippen molar-refractivity contribution in [3.05, 3.63) is 77.8 Å². The lowest BCUT2D eigenvalue weighted by atomic mass is 9.98. The van der Waals surface area contributed by atoms with Gasteiger partial charge in [0.15, 0.2) is 5.89 Å². The molecule has 0 spiro atoms. The van der Waals surface area contributed by atoms with Crippen LogP contribution in [0.4, 0.5) is 0 Å². The zero-order valence-electron chi connectivity index (χ0n) is 18.7. The number of methoxy groups -OCH3 is 1. The number of ether oxygens (including phenoxy) is 1. The molecular formula is C25H30N4O3.